The van der Waals surface area contributed by atoms with Gasteiger partial charge in [0, 0.05) is 0 Å². The maximum absolute atomic E-state index is 5.48. The van der Waals surface area contributed by atoms with E-state index < -0.39 is 0 Å². The normalized spacial score (nSPS) is 18.2. The first-order valence-electron chi connectivity index (χ1n) is 6.25. The molecular formula is C14H17BrINOSe. The summed E-state index contributed by atoms with van der Waals surface area (Å²) >= 11 is 4.30. The number of quaternary nitrogens is 1. The van der Waals surface area contributed by atoms with Crippen LogP contribution in [0.3, 0.4) is 0 Å². The summed E-state index contributed by atoms with van der Waals surface area (Å²) in [5, 5.41) is 1.41. The molecule has 5 heteroatoms. The van der Waals surface area contributed by atoms with Gasteiger partial charge in [-0.25, -0.2) is 0 Å². The second-order valence-electron chi connectivity index (χ2n) is 5.17. The number of rotatable bonds is 2. The number of fused-ring (bicyclic) bond motifs is 1. The van der Waals surface area contributed by atoms with Crippen molar-refractivity contribution in [3.8, 4) is 0 Å². The molecule has 19 heavy (non-hydrogen) atoms. The van der Waals surface area contributed by atoms with E-state index in [1.165, 1.54) is 20.7 Å². The minimum Gasteiger partial charge on any atom is -1.00 e. The average Bonchev–Trinajstić information content (AvgIpc) is 2.67. The first kappa shape index (κ1) is 16.0. The van der Waals surface area contributed by atoms with Gasteiger partial charge in [0.1, 0.15) is 0 Å². The number of halogens is 2. The zero-order chi connectivity index (χ0) is 12.6. The zero-order valence-corrected chi connectivity index (χ0v) is 16.3. The molecule has 3 rings (SSSR count). The number of benzene rings is 1. The molecule has 0 aliphatic carbocycles. The fourth-order valence-electron chi connectivity index (χ4n) is 2.45. The molecule has 1 saturated heterocycles. The van der Waals surface area contributed by atoms with E-state index in [0.717, 1.165) is 30.8 Å². The summed E-state index contributed by atoms with van der Waals surface area (Å²) in [7, 11) is 2.36. The number of hydrogen-bond donors (Lipinski definition) is 0. The van der Waals surface area contributed by atoms with Gasteiger partial charge in [0.05, 0.1) is 0 Å². The number of morpholine rings is 1. The Bertz CT molecular complexity index is 566. The zero-order valence-electron chi connectivity index (χ0n) is 10.9. The van der Waals surface area contributed by atoms with E-state index in [4.69, 9.17) is 4.74 Å². The molecule has 104 valence electrons. The molecule has 0 bridgehead atoms. The molecular weight excluding hydrogens is 484 g/mol. The molecule has 1 aromatic carbocycles. The van der Waals surface area contributed by atoms with Gasteiger partial charge < -0.3 is 24.0 Å². The summed E-state index contributed by atoms with van der Waals surface area (Å²) in [4.78, 5) is 0. The fourth-order valence-corrected chi connectivity index (χ4v) is 6.30. The van der Waals surface area contributed by atoms with Crippen molar-refractivity contribution >= 4 is 40.1 Å². The summed E-state index contributed by atoms with van der Waals surface area (Å²) < 4.78 is 11.1. The van der Waals surface area contributed by atoms with E-state index in [-0.39, 0.29) is 24.0 Å². The van der Waals surface area contributed by atoms with Crippen LogP contribution in [0.25, 0.3) is 9.65 Å². The van der Waals surface area contributed by atoms with Crippen LogP contribution in [0.1, 0.15) is 4.44 Å². The largest absolute Gasteiger partial charge is 1.00 e. The molecule has 1 aliphatic heterocycles. The Labute approximate surface area is 145 Å². The number of hydrogen-bond acceptors (Lipinski definition) is 1. The van der Waals surface area contributed by atoms with Crippen molar-refractivity contribution in [3.05, 3.63) is 33.2 Å². The Morgan fingerprint density at radius 2 is 1.95 bits per heavy atom. The third kappa shape index (κ3) is 3.44. The Morgan fingerprint density at radius 1 is 1.26 bits per heavy atom. The molecule has 1 aliphatic rings. The maximum atomic E-state index is 5.48. The van der Waals surface area contributed by atoms with Gasteiger partial charge in [-0.05, 0) is 0 Å². The van der Waals surface area contributed by atoms with Crippen molar-refractivity contribution in [2.24, 2.45) is 0 Å². The van der Waals surface area contributed by atoms with Gasteiger partial charge in [-0.3, -0.25) is 0 Å². The Morgan fingerprint density at radius 3 is 2.63 bits per heavy atom. The van der Waals surface area contributed by atoms with Gasteiger partial charge in [-0.2, -0.15) is 0 Å². The van der Waals surface area contributed by atoms with Crippen molar-refractivity contribution in [2.75, 3.05) is 33.4 Å². The molecule has 1 fully saturated rings. The quantitative estimate of drug-likeness (QED) is 0.311. The summed E-state index contributed by atoms with van der Waals surface area (Å²) in [6.45, 7) is 5.24. The molecule has 0 saturated carbocycles. The van der Waals surface area contributed by atoms with E-state index in [1.807, 2.05) is 0 Å². The Kier molecular flexibility index (Phi) is 5.54. The Balaban J connectivity index is 0.00000133. The summed E-state index contributed by atoms with van der Waals surface area (Å²) in [5.41, 5.74) is 0. The molecule has 2 heterocycles. The first-order chi connectivity index (χ1) is 8.68. The Hall–Kier alpha value is 0.609. The van der Waals surface area contributed by atoms with Crippen LogP contribution in [0, 0.1) is 0 Å². The molecule has 2 aromatic rings. The molecule has 0 spiro atoms. The van der Waals surface area contributed by atoms with Crippen molar-refractivity contribution < 1.29 is 33.2 Å². The third-order valence-electron chi connectivity index (χ3n) is 3.68. The van der Waals surface area contributed by atoms with Gasteiger partial charge in [-0.1, -0.05) is 0 Å². The fraction of sp³-hybridized carbons (Fsp3) is 0.429. The number of likely N-dealkylation sites (N-methyl/N-ethyl adjacent to an activating group) is 1. The number of ether oxygens (including phenoxy) is 1. The van der Waals surface area contributed by atoms with Crippen LogP contribution in [0.15, 0.2) is 28.7 Å². The van der Waals surface area contributed by atoms with Gasteiger partial charge in [-0.15, -0.1) is 0 Å². The molecule has 2 nitrogen and oxygen atoms in total. The van der Waals surface area contributed by atoms with Crippen LogP contribution in [-0.2, 0) is 11.3 Å². The van der Waals surface area contributed by atoms with Crippen molar-refractivity contribution in [1.82, 2.24) is 0 Å². The third-order valence-corrected chi connectivity index (χ3v) is 7.60. The van der Waals surface area contributed by atoms with Gasteiger partial charge in [0.2, 0.25) is 0 Å². The minimum absolute atomic E-state index is 0. The molecule has 0 amide bonds. The van der Waals surface area contributed by atoms with Crippen molar-refractivity contribution in [3.63, 3.8) is 0 Å². The van der Waals surface area contributed by atoms with Crippen molar-refractivity contribution in [1.29, 1.82) is 0 Å². The van der Waals surface area contributed by atoms with Gasteiger partial charge in [0.15, 0.2) is 0 Å². The minimum atomic E-state index is 0. The van der Waals surface area contributed by atoms with E-state index in [9.17, 15) is 0 Å². The van der Waals surface area contributed by atoms with Gasteiger partial charge in [0.25, 0.3) is 0 Å². The molecule has 0 atom stereocenters. The molecule has 0 unspecified atom stereocenters. The van der Waals surface area contributed by atoms with Gasteiger partial charge >= 0.3 is 122 Å². The van der Waals surface area contributed by atoms with Crippen LogP contribution in [0.5, 0.6) is 0 Å². The van der Waals surface area contributed by atoms with Crippen LogP contribution in [0.4, 0.5) is 0 Å². The maximum Gasteiger partial charge on any atom is -1.00 e. The molecule has 1 aromatic heterocycles. The smallest absolute Gasteiger partial charge is 1.00 e. The second kappa shape index (κ2) is 6.58. The van der Waals surface area contributed by atoms with Crippen LogP contribution in [-0.4, -0.2) is 52.3 Å². The predicted octanol–water partition coefficient (Wildman–Crippen LogP) is -0.360. The topological polar surface area (TPSA) is 9.23 Å². The van der Waals surface area contributed by atoms with E-state index in [0.29, 0.717) is 14.5 Å². The summed E-state index contributed by atoms with van der Waals surface area (Å²) in [6.07, 6.45) is 0. The van der Waals surface area contributed by atoms with Crippen molar-refractivity contribution in [2.45, 2.75) is 6.54 Å². The van der Waals surface area contributed by atoms with Crippen LogP contribution < -0.4 is 24.0 Å². The molecule has 0 N–H and O–H groups in total. The van der Waals surface area contributed by atoms with Crippen LogP contribution >= 0.6 is 15.9 Å². The second-order valence-corrected chi connectivity index (χ2v) is 8.35. The summed E-state index contributed by atoms with van der Waals surface area (Å²) in [5.74, 6) is 0. The van der Waals surface area contributed by atoms with Crippen LogP contribution in [0.2, 0.25) is 0 Å². The number of nitrogens with zero attached hydrogens (tertiary/aromatic N) is 1. The molecule has 0 radical (unpaired) electrons. The average molecular weight is 501 g/mol. The standard InChI is InChI=1S/C14H17BrNOSe.HI/c1-16(6-8-17-9-7-16)10-13-14(15)11-4-2-3-5-12(11)18-13;/h2-5H,6-10H2,1H3;1H/q+1;/p-1. The SMILES string of the molecule is C[N+]1(Cc2[se]c3ccccc3c2Br)CCOCC1.[I-]. The monoisotopic (exact) mass is 501 g/mol. The first-order valence-corrected chi connectivity index (χ1v) is 8.76. The van der Waals surface area contributed by atoms with E-state index in [1.54, 1.807) is 4.44 Å². The summed E-state index contributed by atoms with van der Waals surface area (Å²) in [6, 6.07) is 8.77. The van der Waals surface area contributed by atoms with E-state index in [2.05, 4.69) is 47.2 Å². The van der Waals surface area contributed by atoms with E-state index >= 15 is 0 Å². The predicted molar refractivity (Wildman–Crippen MR) is 79.0 cm³/mol.